The first-order chi connectivity index (χ1) is 5.75. The minimum atomic E-state index is 0.275. The van der Waals surface area contributed by atoms with Gasteiger partial charge in [-0.25, -0.2) is 0 Å². The van der Waals surface area contributed by atoms with Crippen LogP contribution in [0.5, 0.6) is 0 Å². The topological polar surface area (TPSA) is 9.23 Å². The Bertz CT molecular complexity index is 157. The first-order valence-corrected chi connectivity index (χ1v) is 4.98. The zero-order valence-corrected chi connectivity index (χ0v) is 8.60. The molecule has 0 N–H and O–H groups in total. The van der Waals surface area contributed by atoms with Crippen LogP contribution in [0.1, 0.15) is 19.8 Å². The second kappa shape index (κ2) is 4.29. The molecule has 0 bridgehead atoms. The van der Waals surface area contributed by atoms with Crippen molar-refractivity contribution in [2.24, 2.45) is 11.3 Å². The number of rotatable bonds is 4. The quantitative estimate of drug-likeness (QED) is 0.487. The van der Waals surface area contributed by atoms with Crippen LogP contribution in [0.2, 0.25) is 0 Å². The Balaban J connectivity index is 2.54. The maximum absolute atomic E-state index is 6.00. The van der Waals surface area contributed by atoms with Crippen LogP contribution in [0.3, 0.4) is 0 Å². The Kier molecular flexibility index (Phi) is 3.60. The van der Waals surface area contributed by atoms with E-state index in [1.807, 2.05) is 0 Å². The van der Waals surface area contributed by atoms with Crippen LogP contribution < -0.4 is 0 Å². The molecule has 0 aromatic carbocycles. The average molecular weight is 189 g/mol. The summed E-state index contributed by atoms with van der Waals surface area (Å²) in [5.74, 6) is 1.29. The summed E-state index contributed by atoms with van der Waals surface area (Å²) in [6, 6.07) is 0. The molecule has 0 amide bonds. The molecule has 1 aliphatic carbocycles. The van der Waals surface area contributed by atoms with Gasteiger partial charge in [0, 0.05) is 19.6 Å². The van der Waals surface area contributed by atoms with E-state index in [0.29, 0.717) is 5.92 Å². The van der Waals surface area contributed by atoms with E-state index in [9.17, 15) is 0 Å². The molecule has 70 valence electrons. The van der Waals surface area contributed by atoms with Crippen molar-refractivity contribution in [2.75, 3.05) is 19.6 Å². The molecule has 1 aliphatic rings. The largest absolute Gasteiger partial charge is 0.384 e. The molecule has 0 aromatic heterocycles. The summed E-state index contributed by atoms with van der Waals surface area (Å²) in [5, 5.41) is 0. The van der Waals surface area contributed by atoms with Gasteiger partial charge in [-0.2, -0.15) is 0 Å². The van der Waals surface area contributed by atoms with E-state index in [-0.39, 0.29) is 5.41 Å². The number of hydrogen-bond acceptors (Lipinski definition) is 1. The van der Waals surface area contributed by atoms with Crippen LogP contribution in [0, 0.1) is 11.3 Å². The molecule has 0 saturated carbocycles. The van der Waals surface area contributed by atoms with E-state index < -0.39 is 0 Å². The fourth-order valence-corrected chi connectivity index (χ4v) is 2.27. The van der Waals surface area contributed by atoms with Gasteiger partial charge in [0.2, 0.25) is 0 Å². The molecular weight excluding hydrogens is 172 g/mol. The summed E-state index contributed by atoms with van der Waals surface area (Å²) in [7, 11) is 1.75. The van der Waals surface area contributed by atoms with Gasteiger partial charge in [0.15, 0.2) is 0 Å². The van der Waals surface area contributed by atoms with Gasteiger partial charge >= 0.3 is 0 Å². The van der Waals surface area contributed by atoms with Gasteiger partial charge in [-0.15, -0.1) is 11.6 Å². The second-order valence-electron chi connectivity index (χ2n) is 3.73. The molecule has 0 fully saturated rings. The fourth-order valence-electron chi connectivity index (χ4n) is 1.79. The Hall–Kier alpha value is -0.0100. The van der Waals surface area contributed by atoms with Gasteiger partial charge in [0.1, 0.15) is 0 Å². The summed E-state index contributed by atoms with van der Waals surface area (Å²) in [6.45, 7) is 3.04. The van der Waals surface area contributed by atoms with Crippen molar-refractivity contribution < 1.29 is 4.74 Å². The SMILES string of the molecule is COCC(C)C1(CCl)CC=CC1. The summed E-state index contributed by atoms with van der Waals surface area (Å²) < 4.78 is 5.16. The third-order valence-corrected chi connectivity index (χ3v) is 3.48. The second-order valence-corrected chi connectivity index (χ2v) is 4.00. The first kappa shape index (κ1) is 10.1. The normalized spacial score (nSPS) is 22.9. The smallest absolute Gasteiger partial charge is 0.0493 e. The molecule has 0 aliphatic heterocycles. The van der Waals surface area contributed by atoms with Gasteiger partial charge in [-0.05, 0) is 24.2 Å². The minimum absolute atomic E-state index is 0.275. The highest BCUT2D eigenvalue weighted by Gasteiger charge is 2.35. The Labute approximate surface area is 79.7 Å². The maximum atomic E-state index is 6.00. The molecule has 0 radical (unpaired) electrons. The highest BCUT2D eigenvalue weighted by atomic mass is 35.5. The van der Waals surface area contributed by atoms with Crippen molar-refractivity contribution in [3.8, 4) is 0 Å². The Morgan fingerprint density at radius 1 is 1.50 bits per heavy atom. The molecule has 1 rings (SSSR count). The van der Waals surface area contributed by atoms with E-state index >= 15 is 0 Å². The average Bonchev–Trinajstić information content (AvgIpc) is 2.54. The third kappa shape index (κ3) is 1.83. The van der Waals surface area contributed by atoms with Gasteiger partial charge < -0.3 is 4.74 Å². The van der Waals surface area contributed by atoms with Crippen LogP contribution in [-0.4, -0.2) is 19.6 Å². The van der Waals surface area contributed by atoms with Crippen molar-refractivity contribution in [1.29, 1.82) is 0 Å². The van der Waals surface area contributed by atoms with Crippen LogP contribution in [0.15, 0.2) is 12.2 Å². The van der Waals surface area contributed by atoms with E-state index in [4.69, 9.17) is 16.3 Å². The van der Waals surface area contributed by atoms with Crippen LogP contribution in [0.25, 0.3) is 0 Å². The highest BCUT2D eigenvalue weighted by molar-refractivity contribution is 6.18. The monoisotopic (exact) mass is 188 g/mol. The van der Waals surface area contributed by atoms with Gasteiger partial charge in [0.05, 0.1) is 0 Å². The summed E-state index contributed by atoms with van der Waals surface area (Å²) in [4.78, 5) is 0. The standard InChI is InChI=1S/C10H17ClO/c1-9(7-12-2)10(8-11)5-3-4-6-10/h3-4,9H,5-8H2,1-2H3. The van der Waals surface area contributed by atoms with E-state index in [2.05, 4.69) is 19.1 Å². The predicted molar refractivity (Wildman–Crippen MR) is 52.6 cm³/mol. The van der Waals surface area contributed by atoms with Gasteiger partial charge in [-0.1, -0.05) is 19.1 Å². The number of hydrogen-bond donors (Lipinski definition) is 0. The molecule has 0 spiro atoms. The van der Waals surface area contributed by atoms with Crippen molar-refractivity contribution in [1.82, 2.24) is 0 Å². The lowest BCUT2D eigenvalue weighted by Crippen LogP contribution is -2.30. The molecule has 1 nitrogen and oxygen atoms in total. The molecule has 1 atom stereocenters. The molecule has 2 heteroatoms. The maximum Gasteiger partial charge on any atom is 0.0493 e. The van der Waals surface area contributed by atoms with Crippen molar-refractivity contribution >= 4 is 11.6 Å². The summed E-state index contributed by atoms with van der Waals surface area (Å²) >= 11 is 6.00. The molecule has 12 heavy (non-hydrogen) atoms. The van der Waals surface area contributed by atoms with Crippen LogP contribution in [0.4, 0.5) is 0 Å². The Morgan fingerprint density at radius 3 is 2.50 bits per heavy atom. The van der Waals surface area contributed by atoms with Gasteiger partial charge in [-0.3, -0.25) is 0 Å². The van der Waals surface area contributed by atoms with E-state index in [1.165, 1.54) is 0 Å². The molecule has 0 heterocycles. The Morgan fingerprint density at radius 2 is 2.08 bits per heavy atom. The predicted octanol–water partition coefficient (Wildman–Crippen LogP) is 2.84. The van der Waals surface area contributed by atoms with Crippen molar-refractivity contribution in [3.05, 3.63) is 12.2 Å². The number of alkyl halides is 1. The van der Waals surface area contributed by atoms with Crippen molar-refractivity contribution in [3.63, 3.8) is 0 Å². The summed E-state index contributed by atoms with van der Waals surface area (Å²) in [5.41, 5.74) is 0.275. The number of ether oxygens (including phenoxy) is 1. The van der Waals surface area contributed by atoms with Crippen LogP contribution in [-0.2, 0) is 4.74 Å². The molecular formula is C10H17ClO. The fraction of sp³-hybridized carbons (Fsp3) is 0.800. The number of methoxy groups -OCH3 is 1. The molecule has 0 aromatic rings. The first-order valence-electron chi connectivity index (χ1n) is 4.45. The molecule has 0 saturated heterocycles. The number of allylic oxidation sites excluding steroid dienone is 2. The van der Waals surface area contributed by atoms with Crippen molar-refractivity contribution in [2.45, 2.75) is 19.8 Å². The highest BCUT2D eigenvalue weighted by Crippen LogP contribution is 2.41. The molecule has 1 unspecified atom stereocenters. The zero-order chi connectivity index (χ0) is 9.03. The van der Waals surface area contributed by atoms with Crippen LogP contribution >= 0.6 is 11.6 Å². The third-order valence-electron chi connectivity index (χ3n) is 2.94. The lowest BCUT2D eigenvalue weighted by Gasteiger charge is -2.33. The summed E-state index contributed by atoms with van der Waals surface area (Å²) in [6.07, 6.45) is 6.69. The minimum Gasteiger partial charge on any atom is -0.384 e. The van der Waals surface area contributed by atoms with E-state index in [1.54, 1.807) is 7.11 Å². The zero-order valence-electron chi connectivity index (χ0n) is 7.85. The lowest BCUT2D eigenvalue weighted by atomic mass is 9.76. The number of halogens is 1. The van der Waals surface area contributed by atoms with Gasteiger partial charge in [0.25, 0.3) is 0 Å². The lowest BCUT2D eigenvalue weighted by molar-refractivity contribution is 0.0901. The van der Waals surface area contributed by atoms with E-state index in [0.717, 1.165) is 25.3 Å².